The maximum atomic E-state index is 12.7. The van der Waals surface area contributed by atoms with Crippen LogP contribution in [0.5, 0.6) is 0 Å². The summed E-state index contributed by atoms with van der Waals surface area (Å²) >= 11 is 0.926. The van der Waals surface area contributed by atoms with E-state index in [1.54, 1.807) is 18.2 Å². The molecule has 1 aliphatic heterocycles. The van der Waals surface area contributed by atoms with Gasteiger partial charge in [-0.3, -0.25) is 24.6 Å². The third-order valence-corrected chi connectivity index (χ3v) is 6.05. The van der Waals surface area contributed by atoms with Gasteiger partial charge in [-0.1, -0.05) is 25.0 Å². The number of amides is 2. The molecule has 0 bridgehead atoms. The monoisotopic (exact) mass is 397 g/mol. The van der Waals surface area contributed by atoms with Crippen molar-refractivity contribution in [1.29, 1.82) is 0 Å². The van der Waals surface area contributed by atoms with Gasteiger partial charge >= 0.3 is 0 Å². The zero-order valence-electron chi connectivity index (χ0n) is 15.1. The number of non-ortho nitro benzene ring substituents is 1. The van der Waals surface area contributed by atoms with Crippen LogP contribution in [0.15, 0.2) is 47.6 Å². The highest BCUT2D eigenvalue weighted by molar-refractivity contribution is 8.18. The Labute approximate surface area is 166 Å². The first kappa shape index (κ1) is 18.5. The molecule has 1 aliphatic carbocycles. The minimum Gasteiger partial charge on any atom is -0.351 e. The van der Waals surface area contributed by atoms with E-state index < -0.39 is 4.92 Å². The smallest absolute Gasteiger partial charge is 0.293 e. The number of hydrogen-bond donors (Lipinski definition) is 0. The molecule has 0 atom stereocenters. The average Bonchev–Trinajstić information content (AvgIpc) is 3.41. The molecule has 0 spiro atoms. The van der Waals surface area contributed by atoms with Crippen molar-refractivity contribution in [3.05, 3.63) is 68.9 Å². The van der Waals surface area contributed by atoms with Gasteiger partial charge < -0.3 is 4.57 Å². The van der Waals surface area contributed by atoms with E-state index in [1.165, 1.54) is 42.7 Å². The predicted molar refractivity (Wildman–Crippen MR) is 107 cm³/mol. The van der Waals surface area contributed by atoms with Gasteiger partial charge in [0.1, 0.15) is 0 Å². The third kappa shape index (κ3) is 3.73. The number of aromatic nitrogens is 1. The summed E-state index contributed by atoms with van der Waals surface area (Å²) in [7, 11) is 0. The fraction of sp³-hybridized carbons (Fsp3) is 0.300. The normalized spacial score (nSPS) is 19.1. The number of benzene rings is 1. The number of nitrogens with zero attached hydrogens (tertiary/aromatic N) is 3. The summed E-state index contributed by atoms with van der Waals surface area (Å²) in [6.07, 6.45) is 10.7. The van der Waals surface area contributed by atoms with E-state index in [0.717, 1.165) is 17.3 Å². The second-order valence-corrected chi connectivity index (χ2v) is 8.01. The number of hydrogen-bond acceptors (Lipinski definition) is 5. The second-order valence-electron chi connectivity index (χ2n) is 7.02. The van der Waals surface area contributed by atoms with Crippen molar-refractivity contribution in [2.24, 2.45) is 0 Å². The van der Waals surface area contributed by atoms with Crippen LogP contribution in [-0.2, 0) is 11.3 Å². The number of rotatable bonds is 5. The van der Waals surface area contributed by atoms with Gasteiger partial charge in [-0.25, -0.2) is 0 Å². The van der Waals surface area contributed by atoms with Gasteiger partial charge in [-0.2, -0.15) is 0 Å². The molecular formula is C20H19N3O4S. The topological polar surface area (TPSA) is 85.5 Å². The van der Waals surface area contributed by atoms with Crippen molar-refractivity contribution in [3.63, 3.8) is 0 Å². The lowest BCUT2D eigenvalue weighted by atomic mass is 10.2. The average molecular weight is 397 g/mol. The molecule has 1 aromatic heterocycles. The van der Waals surface area contributed by atoms with Gasteiger partial charge in [-0.15, -0.1) is 0 Å². The van der Waals surface area contributed by atoms with E-state index in [4.69, 9.17) is 0 Å². The highest BCUT2D eigenvalue weighted by atomic mass is 32.2. The van der Waals surface area contributed by atoms with E-state index in [0.29, 0.717) is 16.5 Å². The Balaban J connectivity index is 1.47. The molecule has 2 fully saturated rings. The van der Waals surface area contributed by atoms with Crippen molar-refractivity contribution in [2.75, 3.05) is 0 Å². The molecule has 2 heterocycles. The molecule has 4 rings (SSSR count). The maximum absolute atomic E-state index is 12.7. The van der Waals surface area contributed by atoms with Gasteiger partial charge in [0, 0.05) is 30.6 Å². The predicted octanol–water partition coefficient (Wildman–Crippen LogP) is 4.75. The van der Waals surface area contributed by atoms with E-state index in [1.807, 2.05) is 18.5 Å². The van der Waals surface area contributed by atoms with Crippen molar-refractivity contribution in [1.82, 2.24) is 9.47 Å². The molecule has 2 aromatic rings. The molecule has 1 saturated carbocycles. The Kier molecular flexibility index (Phi) is 5.04. The Morgan fingerprint density at radius 2 is 1.86 bits per heavy atom. The quantitative estimate of drug-likeness (QED) is 0.413. The van der Waals surface area contributed by atoms with Gasteiger partial charge in [0.25, 0.3) is 16.8 Å². The molecule has 2 aliphatic rings. The molecular weight excluding hydrogens is 378 g/mol. The van der Waals surface area contributed by atoms with Crippen molar-refractivity contribution in [3.8, 4) is 0 Å². The first-order chi connectivity index (χ1) is 13.5. The Morgan fingerprint density at radius 3 is 2.54 bits per heavy atom. The lowest BCUT2D eigenvalue weighted by Crippen LogP contribution is -2.27. The lowest BCUT2D eigenvalue weighted by Gasteiger charge is -2.12. The minimum absolute atomic E-state index is 0.0236. The van der Waals surface area contributed by atoms with Crippen molar-refractivity contribution in [2.45, 2.75) is 38.3 Å². The van der Waals surface area contributed by atoms with Gasteiger partial charge in [0.2, 0.25) is 0 Å². The fourth-order valence-corrected chi connectivity index (χ4v) is 4.48. The largest absolute Gasteiger partial charge is 0.351 e. The number of imide groups is 1. The molecule has 0 radical (unpaired) electrons. The summed E-state index contributed by atoms with van der Waals surface area (Å²) < 4.78 is 2.19. The minimum atomic E-state index is -0.482. The van der Waals surface area contributed by atoms with Crippen LogP contribution in [0.3, 0.4) is 0 Å². The summed E-state index contributed by atoms with van der Waals surface area (Å²) in [6, 6.07) is 8.35. The zero-order valence-corrected chi connectivity index (χ0v) is 15.9. The molecule has 1 saturated heterocycles. The summed E-state index contributed by atoms with van der Waals surface area (Å²) in [5.41, 5.74) is 1.55. The van der Waals surface area contributed by atoms with Gasteiger partial charge in [0.05, 0.1) is 16.4 Å². The summed E-state index contributed by atoms with van der Waals surface area (Å²) in [5, 5.41) is 10.4. The molecule has 0 unspecified atom stereocenters. The third-order valence-electron chi connectivity index (χ3n) is 5.14. The Bertz CT molecular complexity index is 958. The summed E-state index contributed by atoms with van der Waals surface area (Å²) in [4.78, 5) is 36.8. The summed E-state index contributed by atoms with van der Waals surface area (Å²) in [5.74, 6) is -0.332. The van der Waals surface area contributed by atoms with Crippen LogP contribution in [0, 0.1) is 10.1 Å². The second kappa shape index (κ2) is 7.63. The molecule has 8 heteroatoms. The van der Waals surface area contributed by atoms with Crippen LogP contribution in [0.1, 0.15) is 42.9 Å². The fourth-order valence-electron chi connectivity index (χ4n) is 3.64. The SMILES string of the molecule is O=C1S/C(=C/c2ccn(C3CCCC3)c2)C(=O)N1Cc1ccc([N+](=O)[O-])cc1. The van der Waals surface area contributed by atoms with Crippen LogP contribution in [0.4, 0.5) is 10.5 Å². The number of nitro groups is 1. The van der Waals surface area contributed by atoms with Gasteiger partial charge in [-0.05, 0) is 47.9 Å². The molecule has 28 heavy (non-hydrogen) atoms. The highest BCUT2D eigenvalue weighted by Crippen LogP contribution is 2.34. The Hall–Kier alpha value is -2.87. The number of thioether (sulfide) groups is 1. The van der Waals surface area contributed by atoms with Gasteiger partial charge in [0.15, 0.2) is 0 Å². The molecule has 1 aromatic carbocycles. The van der Waals surface area contributed by atoms with Crippen molar-refractivity contribution < 1.29 is 14.5 Å². The van der Waals surface area contributed by atoms with Crippen LogP contribution < -0.4 is 0 Å². The van der Waals surface area contributed by atoms with Crippen LogP contribution >= 0.6 is 11.8 Å². The molecule has 2 amide bonds. The first-order valence-electron chi connectivity index (χ1n) is 9.17. The summed E-state index contributed by atoms with van der Waals surface area (Å²) in [6.45, 7) is 0.100. The maximum Gasteiger partial charge on any atom is 0.293 e. The molecule has 0 N–H and O–H groups in total. The lowest BCUT2D eigenvalue weighted by molar-refractivity contribution is -0.384. The molecule has 7 nitrogen and oxygen atoms in total. The zero-order chi connectivity index (χ0) is 19.7. The van der Waals surface area contributed by atoms with Crippen LogP contribution in [0.25, 0.3) is 6.08 Å². The standard InChI is InChI=1S/C20H19N3O4S/c24-19-18(11-15-9-10-21(12-15)16-3-1-2-4-16)28-20(25)22(19)13-14-5-7-17(8-6-14)23(26)27/h5-12,16H,1-4,13H2/b18-11+. The van der Waals surface area contributed by atoms with E-state index in [9.17, 15) is 19.7 Å². The number of carbonyl (C=O) groups excluding carboxylic acids is 2. The van der Waals surface area contributed by atoms with E-state index in [-0.39, 0.29) is 23.4 Å². The molecule has 144 valence electrons. The first-order valence-corrected chi connectivity index (χ1v) is 9.99. The van der Waals surface area contributed by atoms with Crippen LogP contribution in [0.2, 0.25) is 0 Å². The van der Waals surface area contributed by atoms with E-state index in [2.05, 4.69) is 4.57 Å². The van der Waals surface area contributed by atoms with Crippen molar-refractivity contribution >= 4 is 34.7 Å². The van der Waals surface area contributed by atoms with Crippen LogP contribution in [-0.4, -0.2) is 25.5 Å². The van der Waals surface area contributed by atoms with E-state index >= 15 is 0 Å². The Morgan fingerprint density at radius 1 is 1.14 bits per heavy atom. The number of carbonyl (C=O) groups is 2. The highest BCUT2D eigenvalue weighted by Gasteiger charge is 2.35. The number of nitro benzene ring substituents is 1.